The molecule has 2 aromatic rings. The fourth-order valence-electron chi connectivity index (χ4n) is 2.07. The second-order valence-corrected chi connectivity index (χ2v) is 4.97. The van der Waals surface area contributed by atoms with Gasteiger partial charge in [-0.3, -0.25) is 9.59 Å². The number of nitrogens with zero attached hydrogens (tertiary/aromatic N) is 2. The minimum atomic E-state index is -0.254. The van der Waals surface area contributed by atoms with Crippen LogP contribution in [0, 0.1) is 6.92 Å². The van der Waals surface area contributed by atoms with E-state index in [1.807, 2.05) is 18.2 Å². The first kappa shape index (κ1) is 14.9. The van der Waals surface area contributed by atoms with Crippen LogP contribution in [0.25, 0.3) is 0 Å². The van der Waals surface area contributed by atoms with Gasteiger partial charge in [0.05, 0.1) is 11.1 Å². The number of imide groups is 1. The summed E-state index contributed by atoms with van der Waals surface area (Å²) in [5.74, 6) is -0.508. The zero-order valence-electron chi connectivity index (χ0n) is 12.4. The Labute approximate surface area is 124 Å². The largest absolute Gasteiger partial charge is 0.276 e. The number of hydrogen-bond acceptors (Lipinski definition) is 3. The van der Waals surface area contributed by atoms with E-state index < -0.39 is 0 Å². The Kier molecular flexibility index (Phi) is 4.50. The smallest absolute Gasteiger partial charge is 0.267 e. The van der Waals surface area contributed by atoms with Crippen LogP contribution in [-0.4, -0.2) is 35.9 Å². The van der Waals surface area contributed by atoms with Gasteiger partial charge in [-0.25, -0.2) is 10.0 Å². The predicted octanol–water partition coefficient (Wildman–Crippen LogP) is 2.75. The number of aryl methyl sites for hydroxylation is 1. The fourth-order valence-corrected chi connectivity index (χ4v) is 2.07. The van der Waals surface area contributed by atoms with Crippen molar-refractivity contribution >= 4 is 11.8 Å². The number of carbonyl (C=O) groups excluding carboxylic acids is 2. The maximum Gasteiger partial charge on any atom is 0.276 e. The molecule has 1 aliphatic heterocycles. The van der Waals surface area contributed by atoms with Gasteiger partial charge < -0.3 is 0 Å². The highest BCUT2D eigenvalue weighted by molar-refractivity contribution is 6.20. The van der Waals surface area contributed by atoms with Crippen molar-refractivity contribution in [1.82, 2.24) is 10.0 Å². The van der Waals surface area contributed by atoms with Gasteiger partial charge in [-0.05, 0) is 19.1 Å². The molecule has 0 N–H and O–H groups in total. The second-order valence-electron chi connectivity index (χ2n) is 4.97. The highest BCUT2D eigenvalue weighted by Crippen LogP contribution is 2.22. The van der Waals surface area contributed by atoms with E-state index in [4.69, 9.17) is 0 Å². The molecule has 1 aliphatic rings. The maximum absolute atomic E-state index is 11.7. The quantitative estimate of drug-likeness (QED) is 0.755. The molecule has 0 atom stereocenters. The lowest BCUT2D eigenvalue weighted by molar-refractivity contribution is 0.0234. The molecule has 0 fully saturated rings. The van der Waals surface area contributed by atoms with Gasteiger partial charge in [-0.2, -0.15) is 0 Å². The molecule has 3 rings (SSSR count). The van der Waals surface area contributed by atoms with Gasteiger partial charge in [0.15, 0.2) is 0 Å². The van der Waals surface area contributed by atoms with Crippen LogP contribution in [0.15, 0.2) is 54.6 Å². The predicted molar refractivity (Wildman–Crippen MR) is 81.8 cm³/mol. The summed E-state index contributed by atoms with van der Waals surface area (Å²) in [7, 11) is 3.34. The van der Waals surface area contributed by atoms with Gasteiger partial charge in [0.25, 0.3) is 11.8 Å². The highest BCUT2D eigenvalue weighted by atomic mass is 16.2. The zero-order chi connectivity index (χ0) is 15.4. The monoisotopic (exact) mass is 282 g/mol. The number of amides is 2. The molecular weight excluding hydrogens is 264 g/mol. The van der Waals surface area contributed by atoms with E-state index in [9.17, 15) is 9.59 Å². The number of rotatable bonds is 1. The van der Waals surface area contributed by atoms with Crippen LogP contribution in [0.3, 0.4) is 0 Å². The third-order valence-corrected chi connectivity index (χ3v) is 3.11. The third-order valence-electron chi connectivity index (χ3n) is 3.11. The second kappa shape index (κ2) is 6.33. The first-order chi connectivity index (χ1) is 10.0. The zero-order valence-corrected chi connectivity index (χ0v) is 12.4. The fraction of sp³-hybridized carbons (Fsp3) is 0.176. The number of benzene rings is 2. The summed E-state index contributed by atoms with van der Waals surface area (Å²) in [6, 6.07) is 17.1. The van der Waals surface area contributed by atoms with Crippen LogP contribution in [0.2, 0.25) is 0 Å². The summed E-state index contributed by atoms with van der Waals surface area (Å²) in [5.41, 5.74) is 2.28. The number of fused-ring (bicyclic) bond motifs is 1. The Morgan fingerprint density at radius 1 is 0.762 bits per heavy atom. The van der Waals surface area contributed by atoms with E-state index in [2.05, 4.69) is 19.1 Å². The summed E-state index contributed by atoms with van der Waals surface area (Å²) in [6.07, 6.45) is 0. The van der Waals surface area contributed by atoms with Gasteiger partial charge in [0.1, 0.15) is 0 Å². The first-order valence-electron chi connectivity index (χ1n) is 6.69. The first-order valence-corrected chi connectivity index (χ1v) is 6.69. The van der Waals surface area contributed by atoms with Gasteiger partial charge in [0.2, 0.25) is 0 Å². The summed E-state index contributed by atoms with van der Waals surface area (Å²) in [5, 5.41) is 2.62. The van der Waals surface area contributed by atoms with E-state index >= 15 is 0 Å². The molecule has 0 saturated carbocycles. The van der Waals surface area contributed by atoms with E-state index in [1.165, 1.54) is 10.6 Å². The van der Waals surface area contributed by atoms with E-state index in [0.29, 0.717) is 11.1 Å². The van der Waals surface area contributed by atoms with Crippen molar-refractivity contribution in [2.75, 3.05) is 14.1 Å². The van der Waals surface area contributed by atoms with Gasteiger partial charge in [-0.1, -0.05) is 48.0 Å². The lowest BCUT2D eigenvalue weighted by Gasteiger charge is -2.20. The maximum atomic E-state index is 11.7. The summed E-state index contributed by atoms with van der Waals surface area (Å²) in [4.78, 5) is 23.4. The molecule has 21 heavy (non-hydrogen) atoms. The molecule has 4 heteroatoms. The molecule has 2 aromatic carbocycles. The Bertz CT molecular complexity index is 616. The lowest BCUT2D eigenvalue weighted by Crippen LogP contribution is -2.41. The van der Waals surface area contributed by atoms with Crippen molar-refractivity contribution in [3.05, 3.63) is 71.3 Å². The van der Waals surface area contributed by atoms with E-state index in [0.717, 1.165) is 5.01 Å². The molecule has 0 aromatic heterocycles. The Hall–Kier alpha value is -2.46. The van der Waals surface area contributed by atoms with Crippen LogP contribution in [0.4, 0.5) is 0 Å². The summed E-state index contributed by atoms with van der Waals surface area (Å²) in [6.45, 7) is 2.08. The van der Waals surface area contributed by atoms with Crippen molar-refractivity contribution in [2.24, 2.45) is 0 Å². The topological polar surface area (TPSA) is 40.6 Å². The molecule has 0 aliphatic carbocycles. The standard InChI is InChI=1S/C10H10N2O2.C7H8/c1-11(2)12-9(13)7-5-3-4-6-8(7)10(12)14;1-7-5-3-2-4-6-7/h3-6H,1-2H3;2-6H,1H3. The molecule has 1 heterocycles. The summed E-state index contributed by atoms with van der Waals surface area (Å²) < 4.78 is 0. The third kappa shape index (κ3) is 3.17. The minimum Gasteiger partial charge on any atom is -0.267 e. The number of hydrazine groups is 1. The van der Waals surface area contributed by atoms with Crippen LogP contribution in [0.5, 0.6) is 0 Å². The van der Waals surface area contributed by atoms with Crippen LogP contribution in [0.1, 0.15) is 26.3 Å². The number of hydrogen-bond donors (Lipinski definition) is 0. The Morgan fingerprint density at radius 2 is 1.19 bits per heavy atom. The lowest BCUT2D eigenvalue weighted by atomic mass is 10.1. The molecule has 0 bridgehead atoms. The molecule has 0 saturated heterocycles. The minimum absolute atomic E-state index is 0.254. The van der Waals surface area contributed by atoms with E-state index in [-0.39, 0.29) is 11.8 Å². The Balaban J connectivity index is 0.000000194. The normalized spacial score (nSPS) is 13.0. The van der Waals surface area contributed by atoms with Crippen LogP contribution >= 0.6 is 0 Å². The van der Waals surface area contributed by atoms with Crippen molar-refractivity contribution in [3.63, 3.8) is 0 Å². The van der Waals surface area contributed by atoms with Crippen molar-refractivity contribution < 1.29 is 9.59 Å². The highest BCUT2D eigenvalue weighted by Gasteiger charge is 2.36. The summed E-state index contributed by atoms with van der Waals surface area (Å²) >= 11 is 0. The van der Waals surface area contributed by atoms with E-state index in [1.54, 1.807) is 38.4 Å². The molecule has 0 spiro atoms. The van der Waals surface area contributed by atoms with Crippen molar-refractivity contribution in [1.29, 1.82) is 0 Å². The van der Waals surface area contributed by atoms with Crippen molar-refractivity contribution in [3.8, 4) is 0 Å². The van der Waals surface area contributed by atoms with Crippen LogP contribution < -0.4 is 0 Å². The molecule has 2 amide bonds. The molecule has 108 valence electrons. The molecule has 0 unspecified atom stereocenters. The molecular formula is C17H18N2O2. The SMILES string of the molecule is CN(C)N1C(=O)c2ccccc2C1=O.Cc1ccccc1. The molecule has 0 radical (unpaired) electrons. The average Bonchev–Trinajstić information content (AvgIpc) is 2.73. The van der Waals surface area contributed by atoms with Gasteiger partial charge in [0, 0.05) is 14.1 Å². The van der Waals surface area contributed by atoms with Crippen molar-refractivity contribution in [2.45, 2.75) is 6.92 Å². The van der Waals surface area contributed by atoms with Gasteiger partial charge >= 0.3 is 0 Å². The average molecular weight is 282 g/mol. The Morgan fingerprint density at radius 3 is 1.52 bits per heavy atom. The van der Waals surface area contributed by atoms with Gasteiger partial charge in [-0.15, -0.1) is 0 Å². The molecule has 4 nitrogen and oxygen atoms in total. The van der Waals surface area contributed by atoms with Crippen LogP contribution in [-0.2, 0) is 0 Å². The number of carbonyl (C=O) groups is 2.